The molecule has 1 aromatic carbocycles. The number of nitrogens with zero attached hydrogens (tertiary/aromatic N) is 2. The quantitative estimate of drug-likeness (QED) is 0.907. The van der Waals surface area contributed by atoms with Crippen LogP contribution in [0.1, 0.15) is 19.8 Å². The standard InChI is InChI=1S/C18H24N2O4/c1-18(14-7-9-19(10-8-14)11-17(22)23)13-20(16(21)12-24-18)15-5-3-2-4-6-15/h2-6,14H,7-13H2,1H3,(H,22,23)/t18-/m1/s1. The van der Waals surface area contributed by atoms with Gasteiger partial charge in [-0.05, 0) is 50.9 Å². The van der Waals surface area contributed by atoms with Crippen LogP contribution in [0.25, 0.3) is 0 Å². The van der Waals surface area contributed by atoms with Gasteiger partial charge in [0.25, 0.3) is 5.91 Å². The largest absolute Gasteiger partial charge is 0.480 e. The van der Waals surface area contributed by atoms with Gasteiger partial charge in [0, 0.05) is 5.69 Å². The van der Waals surface area contributed by atoms with E-state index in [0.29, 0.717) is 12.5 Å². The molecule has 0 saturated carbocycles. The number of carboxylic acids is 1. The van der Waals surface area contributed by atoms with Crippen molar-refractivity contribution in [1.29, 1.82) is 0 Å². The fourth-order valence-electron chi connectivity index (χ4n) is 3.74. The monoisotopic (exact) mass is 332 g/mol. The number of carbonyl (C=O) groups is 2. The number of piperidine rings is 1. The van der Waals surface area contributed by atoms with Gasteiger partial charge in [-0.15, -0.1) is 0 Å². The number of ether oxygens (including phenoxy) is 1. The van der Waals surface area contributed by atoms with Gasteiger partial charge >= 0.3 is 5.97 Å². The van der Waals surface area contributed by atoms with Gasteiger partial charge < -0.3 is 14.7 Å². The second-order valence-electron chi connectivity index (χ2n) is 6.86. The van der Waals surface area contributed by atoms with E-state index in [1.165, 1.54) is 0 Å². The van der Waals surface area contributed by atoms with Crippen molar-refractivity contribution in [2.75, 3.05) is 37.7 Å². The predicted octanol–water partition coefficient (Wildman–Crippen LogP) is 1.61. The third kappa shape index (κ3) is 3.60. The van der Waals surface area contributed by atoms with Crippen molar-refractivity contribution in [2.45, 2.75) is 25.4 Å². The molecule has 2 aliphatic rings. The molecule has 2 fully saturated rings. The molecule has 24 heavy (non-hydrogen) atoms. The van der Waals surface area contributed by atoms with Crippen molar-refractivity contribution < 1.29 is 19.4 Å². The van der Waals surface area contributed by atoms with E-state index in [1.807, 2.05) is 40.1 Å². The van der Waals surface area contributed by atoms with Crippen LogP contribution < -0.4 is 4.90 Å². The molecule has 1 atom stereocenters. The second kappa shape index (κ2) is 6.91. The van der Waals surface area contributed by atoms with E-state index in [9.17, 15) is 9.59 Å². The fourth-order valence-corrected chi connectivity index (χ4v) is 3.74. The maximum atomic E-state index is 12.3. The summed E-state index contributed by atoms with van der Waals surface area (Å²) in [6.45, 7) is 4.33. The van der Waals surface area contributed by atoms with E-state index >= 15 is 0 Å². The lowest BCUT2D eigenvalue weighted by molar-refractivity contribution is -0.147. The smallest absolute Gasteiger partial charge is 0.317 e. The van der Waals surface area contributed by atoms with E-state index < -0.39 is 5.97 Å². The molecule has 6 nitrogen and oxygen atoms in total. The number of anilines is 1. The summed E-state index contributed by atoms with van der Waals surface area (Å²) in [6.07, 6.45) is 1.78. The molecule has 1 N–H and O–H groups in total. The zero-order valence-electron chi connectivity index (χ0n) is 14.0. The van der Waals surface area contributed by atoms with E-state index in [2.05, 4.69) is 6.92 Å². The van der Waals surface area contributed by atoms with Crippen molar-refractivity contribution in [2.24, 2.45) is 5.92 Å². The molecule has 6 heteroatoms. The molecule has 0 bridgehead atoms. The SMILES string of the molecule is C[C@]1(C2CCN(CC(=O)O)CC2)CN(c2ccccc2)C(=O)CO1. The first-order chi connectivity index (χ1) is 11.5. The van der Waals surface area contributed by atoms with E-state index in [-0.39, 0.29) is 24.7 Å². The van der Waals surface area contributed by atoms with E-state index in [0.717, 1.165) is 31.6 Å². The highest BCUT2D eigenvalue weighted by Gasteiger charge is 2.43. The summed E-state index contributed by atoms with van der Waals surface area (Å²) in [5.41, 5.74) is 0.513. The molecule has 0 unspecified atom stereocenters. The lowest BCUT2D eigenvalue weighted by Gasteiger charge is -2.47. The molecule has 0 aliphatic carbocycles. The van der Waals surface area contributed by atoms with Crippen molar-refractivity contribution in [3.05, 3.63) is 30.3 Å². The van der Waals surface area contributed by atoms with Gasteiger partial charge in [-0.2, -0.15) is 0 Å². The van der Waals surface area contributed by atoms with Crippen molar-refractivity contribution >= 4 is 17.6 Å². The number of morpholine rings is 1. The molecule has 2 saturated heterocycles. The van der Waals surface area contributed by atoms with Gasteiger partial charge in [-0.25, -0.2) is 0 Å². The van der Waals surface area contributed by atoms with Gasteiger partial charge in [-0.1, -0.05) is 18.2 Å². The molecule has 130 valence electrons. The van der Waals surface area contributed by atoms with Gasteiger partial charge in [-0.3, -0.25) is 14.5 Å². The number of amides is 1. The second-order valence-corrected chi connectivity index (χ2v) is 6.86. The third-order valence-corrected chi connectivity index (χ3v) is 5.18. The summed E-state index contributed by atoms with van der Waals surface area (Å²) >= 11 is 0. The molecule has 0 radical (unpaired) electrons. The Balaban J connectivity index is 1.67. The molecular weight excluding hydrogens is 308 g/mol. The predicted molar refractivity (Wildman–Crippen MR) is 90.0 cm³/mol. The number of carbonyl (C=O) groups excluding carboxylic acids is 1. The van der Waals surface area contributed by atoms with Gasteiger partial charge in [0.05, 0.1) is 18.7 Å². The Hall–Kier alpha value is -1.92. The Labute approximate surface area is 142 Å². The van der Waals surface area contributed by atoms with Crippen LogP contribution in [0.4, 0.5) is 5.69 Å². The Kier molecular flexibility index (Phi) is 4.87. The Morgan fingerprint density at radius 2 is 1.96 bits per heavy atom. The minimum Gasteiger partial charge on any atom is -0.480 e. The van der Waals surface area contributed by atoms with Crippen LogP contribution in [0.2, 0.25) is 0 Å². The highest BCUT2D eigenvalue weighted by Crippen LogP contribution is 2.35. The van der Waals surface area contributed by atoms with Gasteiger partial charge in [0.1, 0.15) is 6.61 Å². The zero-order valence-corrected chi connectivity index (χ0v) is 14.0. The number of para-hydroxylation sites is 1. The summed E-state index contributed by atoms with van der Waals surface area (Å²) in [5, 5.41) is 8.91. The first kappa shape index (κ1) is 16.9. The van der Waals surface area contributed by atoms with Crippen LogP contribution in [0, 0.1) is 5.92 Å². The van der Waals surface area contributed by atoms with Crippen LogP contribution in [0.3, 0.4) is 0 Å². The maximum Gasteiger partial charge on any atom is 0.317 e. The van der Waals surface area contributed by atoms with Crippen molar-refractivity contribution in [3.63, 3.8) is 0 Å². The van der Waals surface area contributed by atoms with Crippen LogP contribution in [-0.2, 0) is 14.3 Å². The number of rotatable bonds is 4. The Morgan fingerprint density at radius 1 is 1.29 bits per heavy atom. The van der Waals surface area contributed by atoms with Crippen molar-refractivity contribution in [3.8, 4) is 0 Å². The summed E-state index contributed by atoms with van der Waals surface area (Å²) in [7, 11) is 0. The summed E-state index contributed by atoms with van der Waals surface area (Å²) in [5.74, 6) is -0.474. The highest BCUT2D eigenvalue weighted by atomic mass is 16.5. The molecule has 0 spiro atoms. The normalized spacial score (nSPS) is 26.5. The average molecular weight is 332 g/mol. The number of hydrogen-bond donors (Lipinski definition) is 1. The first-order valence-electron chi connectivity index (χ1n) is 8.41. The molecule has 2 aliphatic heterocycles. The number of hydrogen-bond acceptors (Lipinski definition) is 4. The van der Waals surface area contributed by atoms with Crippen LogP contribution >= 0.6 is 0 Å². The van der Waals surface area contributed by atoms with Crippen LogP contribution in [0.15, 0.2) is 30.3 Å². The lowest BCUT2D eigenvalue weighted by Crippen LogP contribution is -2.58. The minimum atomic E-state index is -0.783. The molecule has 1 aromatic rings. The number of likely N-dealkylation sites (tertiary alicyclic amines) is 1. The highest BCUT2D eigenvalue weighted by molar-refractivity contribution is 5.95. The number of aliphatic carboxylic acids is 1. The molecular formula is C18H24N2O4. The number of benzene rings is 1. The molecule has 2 heterocycles. The number of carboxylic acid groups (broad SMARTS) is 1. The fraction of sp³-hybridized carbons (Fsp3) is 0.556. The van der Waals surface area contributed by atoms with Gasteiger partial charge in [0.15, 0.2) is 0 Å². The zero-order chi connectivity index (χ0) is 17.2. The topological polar surface area (TPSA) is 70.1 Å². The molecule has 3 rings (SSSR count). The first-order valence-corrected chi connectivity index (χ1v) is 8.41. The minimum absolute atomic E-state index is 0.0120. The van der Waals surface area contributed by atoms with E-state index in [4.69, 9.17) is 9.84 Å². The molecule has 1 amide bonds. The van der Waals surface area contributed by atoms with Crippen molar-refractivity contribution in [1.82, 2.24) is 4.90 Å². The third-order valence-electron chi connectivity index (χ3n) is 5.18. The maximum absolute atomic E-state index is 12.3. The Bertz CT molecular complexity index is 598. The molecule has 0 aromatic heterocycles. The summed E-state index contributed by atoms with van der Waals surface area (Å²) in [4.78, 5) is 26.9. The van der Waals surface area contributed by atoms with Crippen LogP contribution in [-0.4, -0.2) is 60.3 Å². The van der Waals surface area contributed by atoms with E-state index in [1.54, 1.807) is 0 Å². The van der Waals surface area contributed by atoms with Gasteiger partial charge in [0.2, 0.25) is 0 Å². The lowest BCUT2D eigenvalue weighted by atomic mass is 9.80. The average Bonchev–Trinajstić information content (AvgIpc) is 2.58. The van der Waals surface area contributed by atoms with Crippen LogP contribution in [0.5, 0.6) is 0 Å². The summed E-state index contributed by atoms with van der Waals surface area (Å²) in [6, 6.07) is 9.68. The Morgan fingerprint density at radius 3 is 2.58 bits per heavy atom. The summed E-state index contributed by atoms with van der Waals surface area (Å²) < 4.78 is 5.96.